The molecule has 0 spiro atoms. The lowest BCUT2D eigenvalue weighted by molar-refractivity contribution is -0.137. The summed E-state index contributed by atoms with van der Waals surface area (Å²) in [7, 11) is 0. The maximum Gasteiger partial charge on any atom is 0.416 e. The van der Waals surface area contributed by atoms with Crippen LogP contribution < -0.4 is 10.6 Å². The van der Waals surface area contributed by atoms with Gasteiger partial charge in [-0.1, -0.05) is 26.0 Å². The van der Waals surface area contributed by atoms with Gasteiger partial charge in [-0.2, -0.15) is 13.2 Å². The van der Waals surface area contributed by atoms with Crippen molar-refractivity contribution >= 4 is 18.3 Å². The number of rotatable bonds is 4. The average molecular weight is 351 g/mol. The number of hydrogen-bond donors (Lipinski definition) is 2. The molecule has 3 nitrogen and oxygen atoms in total. The van der Waals surface area contributed by atoms with Gasteiger partial charge in [-0.3, -0.25) is 4.79 Å². The summed E-state index contributed by atoms with van der Waals surface area (Å²) < 4.78 is 38.5. The molecule has 0 saturated carbocycles. The first kappa shape index (κ1) is 19.8. The number of halogens is 4. The van der Waals surface area contributed by atoms with Gasteiger partial charge in [0.15, 0.2) is 0 Å². The van der Waals surface area contributed by atoms with Crippen molar-refractivity contribution in [2.45, 2.75) is 32.5 Å². The number of nitrogens with one attached hydrogen (secondary N) is 2. The summed E-state index contributed by atoms with van der Waals surface area (Å²) in [6.07, 6.45) is -3.61. The summed E-state index contributed by atoms with van der Waals surface area (Å²) >= 11 is 0. The normalized spacial score (nSPS) is 19.3. The molecule has 1 aromatic rings. The minimum atomic E-state index is -4.38. The first-order valence-corrected chi connectivity index (χ1v) is 7.47. The van der Waals surface area contributed by atoms with Gasteiger partial charge in [0.2, 0.25) is 5.91 Å². The zero-order valence-corrected chi connectivity index (χ0v) is 13.9. The lowest BCUT2D eigenvalue weighted by Gasteiger charge is -2.25. The fourth-order valence-corrected chi connectivity index (χ4v) is 2.69. The quantitative estimate of drug-likeness (QED) is 0.872. The van der Waals surface area contributed by atoms with E-state index in [-0.39, 0.29) is 30.2 Å². The van der Waals surface area contributed by atoms with Crippen LogP contribution in [0.25, 0.3) is 0 Å². The van der Waals surface area contributed by atoms with Crippen molar-refractivity contribution < 1.29 is 18.0 Å². The molecule has 23 heavy (non-hydrogen) atoms. The molecule has 2 atom stereocenters. The van der Waals surface area contributed by atoms with E-state index in [0.717, 1.165) is 25.1 Å². The van der Waals surface area contributed by atoms with Gasteiger partial charge in [-0.15, -0.1) is 12.4 Å². The SMILES string of the molecule is CC(C)C(NC(=O)C1CCNC1)c1cccc(C(F)(F)F)c1.Cl. The third-order valence-electron chi connectivity index (χ3n) is 3.97. The molecule has 0 bridgehead atoms. The fourth-order valence-electron chi connectivity index (χ4n) is 2.69. The fraction of sp³-hybridized carbons (Fsp3) is 0.562. The van der Waals surface area contributed by atoms with Crippen molar-refractivity contribution in [2.75, 3.05) is 13.1 Å². The van der Waals surface area contributed by atoms with E-state index in [0.29, 0.717) is 12.1 Å². The number of amides is 1. The van der Waals surface area contributed by atoms with Crippen LogP contribution in [0.3, 0.4) is 0 Å². The molecule has 130 valence electrons. The molecule has 0 aromatic heterocycles. The molecular formula is C16H22ClF3N2O. The Morgan fingerprint density at radius 2 is 2.04 bits per heavy atom. The van der Waals surface area contributed by atoms with E-state index >= 15 is 0 Å². The minimum absolute atomic E-state index is 0. The van der Waals surface area contributed by atoms with Gasteiger partial charge >= 0.3 is 6.18 Å². The molecule has 1 saturated heterocycles. The van der Waals surface area contributed by atoms with Crippen LogP contribution in [-0.2, 0) is 11.0 Å². The van der Waals surface area contributed by atoms with E-state index in [9.17, 15) is 18.0 Å². The number of hydrogen-bond acceptors (Lipinski definition) is 2. The summed E-state index contributed by atoms with van der Waals surface area (Å²) in [5, 5.41) is 6.02. The second-order valence-electron chi connectivity index (χ2n) is 6.04. The second kappa shape index (κ2) is 8.02. The van der Waals surface area contributed by atoms with E-state index in [2.05, 4.69) is 10.6 Å². The molecule has 1 fully saturated rings. The highest BCUT2D eigenvalue weighted by atomic mass is 35.5. The van der Waals surface area contributed by atoms with Gasteiger partial charge < -0.3 is 10.6 Å². The zero-order chi connectivity index (χ0) is 16.3. The highest BCUT2D eigenvalue weighted by Crippen LogP contribution is 2.32. The van der Waals surface area contributed by atoms with E-state index in [4.69, 9.17) is 0 Å². The predicted octanol–water partition coefficient (Wildman–Crippen LogP) is 3.55. The smallest absolute Gasteiger partial charge is 0.349 e. The van der Waals surface area contributed by atoms with E-state index < -0.39 is 17.8 Å². The number of alkyl halides is 3. The molecule has 1 heterocycles. The van der Waals surface area contributed by atoms with Crippen LogP contribution in [0.2, 0.25) is 0 Å². The lowest BCUT2D eigenvalue weighted by Crippen LogP contribution is -2.37. The highest BCUT2D eigenvalue weighted by molar-refractivity contribution is 5.85. The Morgan fingerprint density at radius 3 is 2.57 bits per heavy atom. The van der Waals surface area contributed by atoms with Gasteiger partial charge in [-0.05, 0) is 36.6 Å². The van der Waals surface area contributed by atoms with Crippen LogP contribution in [0.5, 0.6) is 0 Å². The summed E-state index contributed by atoms with van der Waals surface area (Å²) in [6.45, 7) is 5.20. The molecule has 2 N–H and O–H groups in total. The molecule has 2 unspecified atom stereocenters. The Bertz CT molecular complexity index is 528. The molecule has 0 radical (unpaired) electrons. The zero-order valence-electron chi connectivity index (χ0n) is 13.1. The lowest BCUT2D eigenvalue weighted by atomic mass is 9.93. The highest BCUT2D eigenvalue weighted by Gasteiger charge is 2.32. The van der Waals surface area contributed by atoms with E-state index in [1.165, 1.54) is 6.07 Å². The summed E-state index contributed by atoms with van der Waals surface area (Å²) in [4.78, 5) is 12.2. The Hall–Kier alpha value is -1.27. The average Bonchev–Trinajstić information content (AvgIpc) is 2.97. The number of carbonyl (C=O) groups excluding carboxylic acids is 1. The van der Waals surface area contributed by atoms with Crippen LogP contribution in [0, 0.1) is 11.8 Å². The third kappa shape index (κ3) is 5.11. The maximum absolute atomic E-state index is 12.8. The van der Waals surface area contributed by atoms with Crippen LogP contribution in [0.4, 0.5) is 13.2 Å². The molecule has 0 aliphatic carbocycles. The van der Waals surface area contributed by atoms with Crippen LogP contribution in [0.15, 0.2) is 24.3 Å². The monoisotopic (exact) mass is 350 g/mol. The van der Waals surface area contributed by atoms with Gasteiger partial charge in [0.1, 0.15) is 0 Å². The molecule has 1 aliphatic heterocycles. The molecular weight excluding hydrogens is 329 g/mol. The molecule has 2 rings (SSSR count). The molecule has 1 aliphatic rings. The van der Waals surface area contributed by atoms with Gasteiger partial charge in [-0.25, -0.2) is 0 Å². The van der Waals surface area contributed by atoms with Crippen molar-refractivity contribution in [3.63, 3.8) is 0 Å². The van der Waals surface area contributed by atoms with Crippen molar-refractivity contribution in [3.8, 4) is 0 Å². The van der Waals surface area contributed by atoms with Crippen molar-refractivity contribution in [2.24, 2.45) is 11.8 Å². The predicted molar refractivity (Wildman–Crippen MR) is 85.4 cm³/mol. The van der Waals surface area contributed by atoms with Crippen molar-refractivity contribution in [3.05, 3.63) is 35.4 Å². The standard InChI is InChI=1S/C16H21F3N2O.ClH/c1-10(2)14(21-15(22)12-6-7-20-9-12)11-4-3-5-13(8-11)16(17,18)19;/h3-5,8,10,12,14,20H,6-7,9H2,1-2H3,(H,21,22);1H. The third-order valence-corrected chi connectivity index (χ3v) is 3.97. The molecule has 1 amide bonds. The topological polar surface area (TPSA) is 41.1 Å². The van der Waals surface area contributed by atoms with Crippen LogP contribution in [-0.4, -0.2) is 19.0 Å². The first-order chi connectivity index (χ1) is 10.3. The second-order valence-corrected chi connectivity index (χ2v) is 6.04. The number of carbonyl (C=O) groups is 1. The Labute approximate surface area is 140 Å². The minimum Gasteiger partial charge on any atom is -0.349 e. The van der Waals surface area contributed by atoms with Crippen molar-refractivity contribution in [1.82, 2.24) is 10.6 Å². The summed E-state index contributed by atoms with van der Waals surface area (Å²) in [5.74, 6) is -0.199. The summed E-state index contributed by atoms with van der Waals surface area (Å²) in [5.41, 5.74) is -0.198. The molecule has 7 heteroatoms. The Kier molecular flexibility index (Phi) is 6.89. The van der Waals surface area contributed by atoms with Gasteiger partial charge in [0.25, 0.3) is 0 Å². The van der Waals surface area contributed by atoms with E-state index in [1.54, 1.807) is 6.07 Å². The Balaban J connectivity index is 0.00000264. The maximum atomic E-state index is 12.8. The Morgan fingerprint density at radius 1 is 1.35 bits per heavy atom. The molecule has 1 aromatic carbocycles. The van der Waals surface area contributed by atoms with Crippen molar-refractivity contribution in [1.29, 1.82) is 0 Å². The van der Waals surface area contributed by atoms with Gasteiger partial charge in [0.05, 0.1) is 17.5 Å². The van der Waals surface area contributed by atoms with Crippen LogP contribution >= 0.6 is 12.4 Å². The van der Waals surface area contributed by atoms with Crippen LogP contribution in [0.1, 0.15) is 37.4 Å². The summed E-state index contributed by atoms with van der Waals surface area (Å²) in [6, 6.07) is 4.76. The largest absolute Gasteiger partial charge is 0.416 e. The van der Waals surface area contributed by atoms with Gasteiger partial charge in [0, 0.05) is 6.54 Å². The number of benzene rings is 1. The first-order valence-electron chi connectivity index (χ1n) is 7.47. The van der Waals surface area contributed by atoms with E-state index in [1.807, 2.05) is 13.8 Å².